The molecule has 1 N–H and O–H groups in total. The zero-order chi connectivity index (χ0) is 20.0. The third-order valence-corrected chi connectivity index (χ3v) is 3.51. The highest BCUT2D eigenvalue weighted by atomic mass is 19.4. The van der Waals surface area contributed by atoms with Crippen LogP contribution in [0.2, 0.25) is 0 Å². The van der Waals surface area contributed by atoms with E-state index < -0.39 is 36.4 Å². The van der Waals surface area contributed by atoms with E-state index in [4.69, 9.17) is 0 Å². The van der Waals surface area contributed by atoms with Crippen LogP contribution in [0, 0.1) is 0 Å². The van der Waals surface area contributed by atoms with Gasteiger partial charge >= 0.3 is 12.8 Å². The number of benzene rings is 1. The lowest BCUT2D eigenvalue weighted by molar-refractivity contribution is -0.138. The van der Waals surface area contributed by atoms with Crippen molar-refractivity contribution in [2.75, 3.05) is 6.54 Å². The van der Waals surface area contributed by atoms with Gasteiger partial charge in [0.1, 0.15) is 12.3 Å². The molecule has 1 aromatic heterocycles. The van der Waals surface area contributed by atoms with Gasteiger partial charge in [0, 0.05) is 18.8 Å². The Bertz CT molecular complexity index is 832. The molecule has 10 heteroatoms. The van der Waals surface area contributed by atoms with Gasteiger partial charge in [0.25, 0.3) is 5.56 Å². The number of carbonyl (C=O) groups is 1. The third kappa shape index (κ3) is 6.39. The lowest BCUT2D eigenvalue weighted by Gasteiger charge is -2.11. The van der Waals surface area contributed by atoms with Gasteiger partial charge in [-0.25, -0.2) is 0 Å². The van der Waals surface area contributed by atoms with Crippen molar-refractivity contribution in [1.82, 2.24) is 9.88 Å². The number of halogens is 5. The average Bonchev–Trinajstić information content (AvgIpc) is 2.57. The molecular formula is C17H15F5N2O3. The van der Waals surface area contributed by atoms with Crippen LogP contribution in [0.5, 0.6) is 5.75 Å². The van der Waals surface area contributed by atoms with Gasteiger partial charge in [-0.05, 0) is 30.2 Å². The predicted molar refractivity (Wildman–Crippen MR) is 85.5 cm³/mol. The molecule has 2 rings (SSSR count). The minimum absolute atomic E-state index is 0.00158. The van der Waals surface area contributed by atoms with E-state index in [-0.39, 0.29) is 12.3 Å². The number of rotatable bonds is 7. The summed E-state index contributed by atoms with van der Waals surface area (Å²) in [6.45, 7) is -3.32. The van der Waals surface area contributed by atoms with Gasteiger partial charge in [0.15, 0.2) is 0 Å². The van der Waals surface area contributed by atoms with Crippen molar-refractivity contribution in [3.8, 4) is 5.75 Å². The first-order chi connectivity index (χ1) is 12.6. The van der Waals surface area contributed by atoms with E-state index in [1.807, 2.05) is 0 Å². The minimum atomic E-state index is -4.62. The number of pyridine rings is 1. The fourth-order valence-electron chi connectivity index (χ4n) is 2.22. The van der Waals surface area contributed by atoms with Crippen LogP contribution in [0.3, 0.4) is 0 Å². The van der Waals surface area contributed by atoms with Gasteiger partial charge in [-0.2, -0.15) is 22.0 Å². The standard InChI is InChI=1S/C17H15F5N2O3/c18-16(19)27-13-4-1-11(2-5-13)7-8-23-14(25)10-24-9-12(17(20,21)22)3-6-15(24)26/h1-6,9,16H,7-8,10H2,(H,23,25). The first-order valence-corrected chi connectivity index (χ1v) is 7.73. The molecule has 1 amide bonds. The van der Waals surface area contributed by atoms with E-state index in [0.29, 0.717) is 23.3 Å². The van der Waals surface area contributed by atoms with Crippen molar-refractivity contribution in [3.05, 3.63) is 64.1 Å². The van der Waals surface area contributed by atoms with Crippen LogP contribution >= 0.6 is 0 Å². The molecule has 0 atom stereocenters. The quantitative estimate of drug-likeness (QED) is 0.740. The summed E-state index contributed by atoms with van der Waals surface area (Å²) in [6, 6.07) is 7.19. The number of hydrogen-bond acceptors (Lipinski definition) is 3. The summed E-state index contributed by atoms with van der Waals surface area (Å²) in [5.74, 6) is -0.629. The second-order valence-corrected chi connectivity index (χ2v) is 5.50. The summed E-state index contributed by atoms with van der Waals surface area (Å²) in [5, 5.41) is 2.48. The molecule has 0 aliphatic heterocycles. The Hall–Kier alpha value is -2.91. The van der Waals surface area contributed by atoms with E-state index in [2.05, 4.69) is 10.1 Å². The summed E-state index contributed by atoms with van der Waals surface area (Å²) in [6.07, 6.45) is -3.67. The van der Waals surface area contributed by atoms with Crippen LogP contribution in [-0.2, 0) is 23.9 Å². The summed E-state index contributed by atoms with van der Waals surface area (Å²) in [5.41, 5.74) is -1.03. The number of hydrogen-bond donors (Lipinski definition) is 1. The number of nitrogens with one attached hydrogen (secondary N) is 1. The lowest BCUT2D eigenvalue weighted by Crippen LogP contribution is -2.33. The topological polar surface area (TPSA) is 60.3 Å². The molecule has 0 saturated carbocycles. The lowest BCUT2D eigenvalue weighted by atomic mass is 10.1. The van der Waals surface area contributed by atoms with Crippen LogP contribution < -0.4 is 15.6 Å². The number of carbonyl (C=O) groups excluding carboxylic acids is 1. The first kappa shape index (κ1) is 20.4. The first-order valence-electron chi connectivity index (χ1n) is 7.73. The molecule has 146 valence electrons. The fraction of sp³-hybridized carbons (Fsp3) is 0.294. The van der Waals surface area contributed by atoms with E-state index in [0.717, 1.165) is 11.6 Å². The molecule has 5 nitrogen and oxygen atoms in total. The van der Waals surface area contributed by atoms with Crippen molar-refractivity contribution in [2.24, 2.45) is 0 Å². The summed E-state index contributed by atoms with van der Waals surface area (Å²) in [7, 11) is 0. The maximum absolute atomic E-state index is 12.7. The van der Waals surface area contributed by atoms with Gasteiger partial charge < -0.3 is 14.6 Å². The smallest absolute Gasteiger partial charge is 0.417 e. The number of nitrogens with zero attached hydrogens (tertiary/aromatic N) is 1. The Morgan fingerprint density at radius 3 is 2.37 bits per heavy atom. The van der Waals surface area contributed by atoms with Gasteiger partial charge in [-0.15, -0.1) is 0 Å². The van der Waals surface area contributed by atoms with Crippen LogP contribution in [0.15, 0.2) is 47.4 Å². The number of amides is 1. The van der Waals surface area contributed by atoms with Crippen LogP contribution in [-0.4, -0.2) is 23.6 Å². The molecule has 2 aromatic rings. The maximum Gasteiger partial charge on any atom is 0.417 e. The predicted octanol–water partition coefficient (Wildman–Crippen LogP) is 2.83. The van der Waals surface area contributed by atoms with Crippen molar-refractivity contribution in [2.45, 2.75) is 25.8 Å². The SMILES string of the molecule is O=C(Cn1cc(C(F)(F)F)ccc1=O)NCCc1ccc(OC(F)F)cc1. The van der Waals surface area contributed by atoms with E-state index in [1.165, 1.54) is 12.1 Å². The van der Waals surface area contributed by atoms with Crippen LogP contribution in [0.4, 0.5) is 22.0 Å². The monoisotopic (exact) mass is 390 g/mol. The summed E-state index contributed by atoms with van der Waals surface area (Å²) >= 11 is 0. The van der Waals surface area contributed by atoms with Crippen molar-refractivity contribution in [1.29, 1.82) is 0 Å². The number of alkyl halides is 5. The molecule has 0 unspecified atom stereocenters. The number of ether oxygens (including phenoxy) is 1. The van der Waals surface area contributed by atoms with Gasteiger partial charge in [-0.1, -0.05) is 12.1 Å². The molecule has 0 bridgehead atoms. The molecule has 0 radical (unpaired) electrons. The minimum Gasteiger partial charge on any atom is -0.435 e. The highest BCUT2D eigenvalue weighted by molar-refractivity contribution is 5.75. The van der Waals surface area contributed by atoms with Crippen LogP contribution in [0.25, 0.3) is 0 Å². The average molecular weight is 390 g/mol. The fourth-order valence-corrected chi connectivity index (χ4v) is 2.22. The van der Waals surface area contributed by atoms with E-state index in [9.17, 15) is 31.5 Å². The normalized spacial score (nSPS) is 11.5. The molecule has 1 heterocycles. The summed E-state index contributed by atoms with van der Waals surface area (Å²) in [4.78, 5) is 23.4. The second kappa shape index (κ2) is 8.65. The highest BCUT2D eigenvalue weighted by Crippen LogP contribution is 2.27. The van der Waals surface area contributed by atoms with Gasteiger partial charge in [0.05, 0.1) is 5.56 Å². The largest absolute Gasteiger partial charge is 0.435 e. The molecule has 0 saturated heterocycles. The third-order valence-electron chi connectivity index (χ3n) is 3.51. The molecule has 0 aliphatic rings. The van der Waals surface area contributed by atoms with Crippen molar-refractivity contribution >= 4 is 5.91 Å². The van der Waals surface area contributed by atoms with Crippen LogP contribution in [0.1, 0.15) is 11.1 Å². The van der Waals surface area contributed by atoms with Gasteiger partial charge in [0.2, 0.25) is 5.91 Å². The molecule has 27 heavy (non-hydrogen) atoms. The van der Waals surface area contributed by atoms with E-state index in [1.54, 1.807) is 12.1 Å². The summed E-state index contributed by atoms with van der Waals surface area (Å²) < 4.78 is 67.0. The Balaban J connectivity index is 1.87. The second-order valence-electron chi connectivity index (χ2n) is 5.50. The maximum atomic E-state index is 12.7. The molecular weight excluding hydrogens is 375 g/mol. The van der Waals surface area contributed by atoms with E-state index >= 15 is 0 Å². The molecule has 0 aliphatic carbocycles. The Morgan fingerprint density at radius 2 is 1.78 bits per heavy atom. The Labute approximate surface area is 150 Å². The molecule has 0 fully saturated rings. The Kier molecular flexibility index (Phi) is 6.54. The molecule has 0 spiro atoms. The number of aromatic nitrogens is 1. The highest BCUT2D eigenvalue weighted by Gasteiger charge is 2.31. The Morgan fingerprint density at radius 1 is 1.11 bits per heavy atom. The molecule has 1 aromatic carbocycles. The zero-order valence-electron chi connectivity index (χ0n) is 13.8. The zero-order valence-corrected chi connectivity index (χ0v) is 13.8. The van der Waals surface area contributed by atoms with Crippen molar-refractivity contribution < 1.29 is 31.5 Å². The van der Waals surface area contributed by atoms with Gasteiger partial charge in [-0.3, -0.25) is 9.59 Å². The van der Waals surface area contributed by atoms with Crippen molar-refractivity contribution in [3.63, 3.8) is 0 Å².